The monoisotopic (exact) mass is 559 g/mol. The first-order chi connectivity index (χ1) is 19.7. The molecule has 2 aromatic rings. The molecule has 0 aromatic heterocycles. The number of carbonyl (C=O) groups excluding carboxylic acids is 2. The molecule has 1 aliphatic heterocycles. The molecule has 0 atom stereocenters. The standard InChI is InChI=1S/C30H29N3O8/c1-3-7-17-14-18(27-28-20(8-5-10-23(28)34)31-21-9-6-11-24(35)29(21)27)15-26(40-4-2)30(17)41-25-13-12-19(32(36)37)16-22(25)33(38)39/h3,12-16,27,31H,1,4-11H2,2H3. The fraction of sp³-hybridized carbons (Fsp3) is 0.333. The van der Waals surface area contributed by atoms with Crippen LogP contribution in [0.15, 0.2) is 65.5 Å². The lowest BCUT2D eigenvalue weighted by molar-refractivity contribution is -0.394. The average Bonchev–Trinajstić information content (AvgIpc) is 2.94. The number of nitrogens with zero attached hydrogens (tertiary/aromatic N) is 2. The molecular weight excluding hydrogens is 530 g/mol. The Labute approximate surface area is 235 Å². The summed E-state index contributed by atoms with van der Waals surface area (Å²) >= 11 is 0. The van der Waals surface area contributed by atoms with Gasteiger partial charge in [-0.15, -0.1) is 6.58 Å². The van der Waals surface area contributed by atoms with Gasteiger partial charge >= 0.3 is 5.69 Å². The first-order valence-electron chi connectivity index (χ1n) is 13.5. The zero-order chi connectivity index (χ0) is 29.3. The number of rotatable bonds is 9. The first kappa shape index (κ1) is 27.8. The Bertz CT molecular complexity index is 1510. The Morgan fingerprint density at radius 3 is 2.17 bits per heavy atom. The minimum absolute atomic E-state index is 0.00117. The molecule has 0 spiro atoms. The SMILES string of the molecule is C=CCc1cc(C2C3=C(CCCC3=O)NC3=C2C(=O)CCC3)cc(OCC)c1Oc1ccc([N+](=O)[O-])cc1[N+](=O)[O-]. The van der Waals surface area contributed by atoms with Gasteiger partial charge in [-0.1, -0.05) is 12.1 Å². The Morgan fingerprint density at radius 1 is 0.951 bits per heavy atom. The van der Waals surface area contributed by atoms with Crippen LogP contribution in [0.4, 0.5) is 11.4 Å². The van der Waals surface area contributed by atoms with Gasteiger partial charge in [0.25, 0.3) is 5.69 Å². The van der Waals surface area contributed by atoms with E-state index in [4.69, 9.17) is 9.47 Å². The van der Waals surface area contributed by atoms with Crippen molar-refractivity contribution in [2.24, 2.45) is 0 Å². The van der Waals surface area contributed by atoms with Crippen molar-refractivity contribution in [3.63, 3.8) is 0 Å². The van der Waals surface area contributed by atoms with E-state index in [0.29, 0.717) is 48.0 Å². The highest BCUT2D eigenvalue weighted by atomic mass is 16.6. The van der Waals surface area contributed by atoms with Gasteiger partial charge in [-0.3, -0.25) is 29.8 Å². The summed E-state index contributed by atoms with van der Waals surface area (Å²) < 4.78 is 12.0. The van der Waals surface area contributed by atoms with Gasteiger partial charge in [-0.25, -0.2) is 0 Å². The predicted octanol–water partition coefficient (Wildman–Crippen LogP) is 6.12. The highest BCUT2D eigenvalue weighted by Gasteiger charge is 2.41. The highest BCUT2D eigenvalue weighted by Crippen LogP contribution is 2.48. The van der Waals surface area contributed by atoms with E-state index >= 15 is 0 Å². The molecule has 2 aromatic carbocycles. The van der Waals surface area contributed by atoms with Gasteiger partial charge < -0.3 is 14.8 Å². The van der Waals surface area contributed by atoms with Crippen LogP contribution in [0, 0.1) is 20.2 Å². The number of nitrogens with one attached hydrogen (secondary N) is 1. The van der Waals surface area contributed by atoms with Crippen molar-refractivity contribution in [2.45, 2.75) is 57.8 Å². The van der Waals surface area contributed by atoms with E-state index in [-0.39, 0.29) is 41.8 Å². The molecule has 0 unspecified atom stereocenters. The summed E-state index contributed by atoms with van der Waals surface area (Å²) in [5, 5.41) is 26.4. The molecule has 212 valence electrons. The topological polar surface area (TPSA) is 151 Å². The summed E-state index contributed by atoms with van der Waals surface area (Å²) in [6.07, 6.45) is 5.63. The van der Waals surface area contributed by atoms with Crippen molar-refractivity contribution in [3.05, 3.63) is 96.9 Å². The molecule has 0 radical (unpaired) electrons. The Kier molecular flexibility index (Phi) is 7.69. The number of allylic oxidation sites excluding steroid dienone is 5. The van der Waals surface area contributed by atoms with E-state index in [1.54, 1.807) is 19.1 Å². The largest absolute Gasteiger partial charge is 0.490 e. The highest BCUT2D eigenvalue weighted by molar-refractivity contribution is 6.06. The minimum Gasteiger partial charge on any atom is -0.490 e. The molecule has 41 heavy (non-hydrogen) atoms. The van der Waals surface area contributed by atoms with Gasteiger partial charge in [-0.05, 0) is 56.7 Å². The van der Waals surface area contributed by atoms with Crippen LogP contribution in [0.25, 0.3) is 0 Å². The molecule has 3 aliphatic rings. The fourth-order valence-electron chi connectivity index (χ4n) is 5.81. The lowest BCUT2D eigenvalue weighted by Crippen LogP contribution is -2.36. The molecule has 1 N–H and O–H groups in total. The third-order valence-corrected chi connectivity index (χ3v) is 7.50. The number of ketones is 2. The van der Waals surface area contributed by atoms with E-state index in [1.165, 1.54) is 6.07 Å². The van der Waals surface area contributed by atoms with Crippen LogP contribution in [0.1, 0.15) is 62.5 Å². The number of non-ortho nitro benzene ring substituents is 1. The molecule has 11 nitrogen and oxygen atoms in total. The number of nitro benzene ring substituents is 2. The van der Waals surface area contributed by atoms with Crippen molar-refractivity contribution in [1.29, 1.82) is 0 Å². The fourth-order valence-corrected chi connectivity index (χ4v) is 5.81. The van der Waals surface area contributed by atoms with E-state index in [0.717, 1.165) is 36.4 Å². The van der Waals surface area contributed by atoms with E-state index < -0.39 is 27.1 Å². The van der Waals surface area contributed by atoms with Gasteiger partial charge in [0.1, 0.15) is 0 Å². The Hall–Kier alpha value is -4.80. The third-order valence-electron chi connectivity index (χ3n) is 7.50. The number of dihydropyridines is 1. The lowest BCUT2D eigenvalue weighted by atomic mass is 9.71. The van der Waals surface area contributed by atoms with E-state index in [1.807, 2.05) is 6.07 Å². The summed E-state index contributed by atoms with van der Waals surface area (Å²) in [5.41, 5.74) is 3.14. The van der Waals surface area contributed by atoms with Crippen LogP contribution < -0.4 is 14.8 Å². The van der Waals surface area contributed by atoms with Crippen molar-refractivity contribution in [2.75, 3.05) is 6.61 Å². The quantitative estimate of drug-likeness (QED) is 0.217. The second kappa shape index (κ2) is 11.4. The summed E-state index contributed by atoms with van der Waals surface area (Å²) in [6, 6.07) is 6.70. The van der Waals surface area contributed by atoms with Crippen molar-refractivity contribution >= 4 is 22.9 Å². The van der Waals surface area contributed by atoms with Crippen LogP contribution in [-0.2, 0) is 16.0 Å². The maximum atomic E-state index is 13.3. The van der Waals surface area contributed by atoms with Crippen molar-refractivity contribution in [3.8, 4) is 17.2 Å². The first-order valence-corrected chi connectivity index (χ1v) is 13.5. The number of benzene rings is 2. The second-order valence-corrected chi connectivity index (χ2v) is 10.1. The molecule has 0 fully saturated rings. The number of hydrogen-bond donors (Lipinski definition) is 1. The summed E-state index contributed by atoms with van der Waals surface area (Å²) in [5.74, 6) is -0.315. The summed E-state index contributed by atoms with van der Waals surface area (Å²) in [6.45, 7) is 5.85. The number of nitro groups is 2. The minimum atomic E-state index is -0.745. The summed E-state index contributed by atoms with van der Waals surface area (Å²) in [7, 11) is 0. The normalized spacial score (nSPS) is 17.0. The van der Waals surface area contributed by atoms with Gasteiger partial charge in [0.15, 0.2) is 23.1 Å². The number of carbonyl (C=O) groups is 2. The third kappa shape index (κ3) is 5.22. The zero-order valence-corrected chi connectivity index (χ0v) is 22.6. The number of ether oxygens (including phenoxy) is 2. The van der Waals surface area contributed by atoms with Crippen LogP contribution >= 0.6 is 0 Å². The van der Waals surface area contributed by atoms with Gasteiger partial charge in [0.05, 0.1) is 22.5 Å². The van der Waals surface area contributed by atoms with Crippen LogP contribution in [-0.4, -0.2) is 28.0 Å². The number of hydrogen-bond acceptors (Lipinski definition) is 9. The van der Waals surface area contributed by atoms with Crippen molar-refractivity contribution < 1.29 is 28.9 Å². The Morgan fingerprint density at radius 2 is 1.61 bits per heavy atom. The molecular formula is C30H29N3O8. The maximum absolute atomic E-state index is 13.3. The Balaban J connectivity index is 1.69. The van der Waals surface area contributed by atoms with Gasteiger partial charge in [-0.2, -0.15) is 0 Å². The summed E-state index contributed by atoms with van der Waals surface area (Å²) in [4.78, 5) is 48.1. The molecule has 0 saturated heterocycles. The lowest BCUT2D eigenvalue weighted by Gasteiger charge is -2.37. The number of Topliss-reactive ketones (excluding diaryl/α,β-unsaturated/α-hetero) is 2. The molecule has 0 saturated carbocycles. The zero-order valence-electron chi connectivity index (χ0n) is 22.6. The molecule has 2 aliphatic carbocycles. The second-order valence-electron chi connectivity index (χ2n) is 10.1. The molecule has 0 amide bonds. The van der Waals surface area contributed by atoms with Crippen molar-refractivity contribution in [1.82, 2.24) is 5.32 Å². The molecule has 0 bridgehead atoms. The van der Waals surface area contributed by atoms with Crippen LogP contribution in [0.2, 0.25) is 0 Å². The van der Waals surface area contributed by atoms with E-state index in [9.17, 15) is 29.8 Å². The average molecular weight is 560 g/mol. The maximum Gasteiger partial charge on any atom is 0.318 e. The smallest absolute Gasteiger partial charge is 0.318 e. The van der Waals surface area contributed by atoms with Crippen LogP contribution in [0.3, 0.4) is 0 Å². The molecule has 5 rings (SSSR count). The van der Waals surface area contributed by atoms with Crippen LogP contribution in [0.5, 0.6) is 17.2 Å². The van der Waals surface area contributed by atoms with E-state index in [2.05, 4.69) is 11.9 Å². The van der Waals surface area contributed by atoms with Gasteiger partial charge in [0.2, 0.25) is 5.75 Å². The predicted molar refractivity (Wildman–Crippen MR) is 149 cm³/mol. The van der Waals surface area contributed by atoms with Gasteiger partial charge in [0, 0.05) is 52.9 Å². The molecule has 11 heteroatoms. The molecule has 1 heterocycles.